The molecule has 1 aliphatic heterocycles. The van der Waals surface area contributed by atoms with Crippen LogP contribution in [-0.4, -0.2) is 6.61 Å². The molecule has 0 amide bonds. The Morgan fingerprint density at radius 2 is 1.95 bits per heavy atom. The molecule has 20 heavy (non-hydrogen) atoms. The Balaban J connectivity index is 1.95. The number of hydrogen-bond acceptors (Lipinski definition) is 1. The Morgan fingerprint density at radius 3 is 2.75 bits per heavy atom. The van der Waals surface area contributed by atoms with Crippen LogP contribution in [0.4, 0.5) is 0 Å². The summed E-state index contributed by atoms with van der Waals surface area (Å²) in [6.45, 7) is 5.06. The van der Waals surface area contributed by atoms with Gasteiger partial charge in [-0.3, -0.25) is 0 Å². The highest BCUT2D eigenvalue weighted by atomic mass is 35.5. The van der Waals surface area contributed by atoms with Crippen molar-refractivity contribution in [2.75, 3.05) is 6.61 Å². The van der Waals surface area contributed by atoms with Crippen molar-refractivity contribution in [3.05, 3.63) is 64.2 Å². The Bertz CT molecular complexity index is 633. The highest BCUT2D eigenvalue weighted by molar-refractivity contribution is 6.22. The third-order valence-corrected chi connectivity index (χ3v) is 4.41. The molecule has 0 aliphatic carbocycles. The van der Waals surface area contributed by atoms with Crippen molar-refractivity contribution in [1.82, 2.24) is 0 Å². The van der Waals surface area contributed by atoms with Gasteiger partial charge >= 0.3 is 0 Å². The normalized spacial score (nSPS) is 15.3. The van der Waals surface area contributed by atoms with Crippen LogP contribution < -0.4 is 4.74 Å². The molecule has 3 rings (SSSR count). The molecule has 0 bridgehead atoms. The maximum absolute atomic E-state index is 6.69. The molecule has 0 N–H and O–H groups in total. The first-order valence-electron chi connectivity index (χ1n) is 7.12. The molecular weight excluding hydrogens is 268 g/mol. The summed E-state index contributed by atoms with van der Waals surface area (Å²) in [4.78, 5) is 0. The van der Waals surface area contributed by atoms with Crippen LogP contribution in [0.1, 0.15) is 39.6 Å². The smallest absolute Gasteiger partial charge is 0.122 e. The van der Waals surface area contributed by atoms with Crippen LogP contribution in [0.25, 0.3) is 0 Å². The third kappa shape index (κ3) is 2.55. The number of aryl methyl sites for hydroxylation is 3. The van der Waals surface area contributed by atoms with Gasteiger partial charge in [0.25, 0.3) is 0 Å². The second-order valence-electron chi connectivity index (χ2n) is 5.54. The molecule has 2 heteroatoms. The highest BCUT2D eigenvalue weighted by Crippen LogP contribution is 2.35. The Kier molecular flexibility index (Phi) is 3.71. The predicted octanol–water partition coefficient (Wildman–Crippen LogP) is 4.96. The van der Waals surface area contributed by atoms with E-state index in [1.165, 1.54) is 22.3 Å². The second-order valence-corrected chi connectivity index (χ2v) is 5.98. The molecule has 0 saturated carbocycles. The monoisotopic (exact) mass is 286 g/mol. The zero-order chi connectivity index (χ0) is 14.1. The molecule has 0 aromatic heterocycles. The summed E-state index contributed by atoms with van der Waals surface area (Å²) in [5.74, 6) is 1.02. The zero-order valence-corrected chi connectivity index (χ0v) is 12.7. The van der Waals surface area contributed by atoms with E-state index < -0.39 is 0 Å². The minimum absolute atomic E-state index is 0.0946. The maximum Gasteiger partial charge on any atom is 0.122 e. The zero-order valence-electron chi connectivity index (χ0n) is 11.9. The molecular formula is C18H19ClO. The number of ether oxygens (including phenoxy) is 1. The Hall–Kier alpha value is -1.47. The largest absolute Gasteiger partial charge is 0.493 e. The fraction of sp³-hybridized carbons (Fsp3) is 0.333. The molecule has 104 valence electrons. The summed E-state index contributed by atoms with van der Waals surface area (Å²) < 4.78 is 5.66. The van der Waals surface area contributed by atoms with Crippen molar-refractivity contribution in [2.24, 2.45) is 0 Å². The van der Waals surface area contributed by atoms with Crippen LogP contribution in [0.2, 0.25) is 0 Å². The van der Waals surface area contributed by atoms with Gasteiger partial charge in [0.15, 0.2) is 0 Å². The van der Waals surface area contributed by atoms with E-state index in [0.29, 0.717) is 0 Å². The van der Waals surface area contributed by atoms with Gasteiger partial charge in [0.2, 0.25) is 0 Å². The lowest BCUT2D eigenvalue weighted by Crippen LogP contribution is -2.09. The molecule has 2 aromatic carbocycles. The molecule has 1 atom stereocenters. The minimum Gasteiger partial charge on any atom is -0.493 e. The van der Waals surface area contributed by atoms with Gasteiger partial charge in [0.1, 0.15) is 5.75 Å². The number of alkyl halides is 1. The molecule has 0 spiro atoms. The van der Waals surface area contributed by atoms with Gasteiger partial charge in [0.05, 0.1) is 12.0 Å². The second kappa shape index (κ2) is 5.49. The van der Waals surface area contributed by atoms with E-state index in [4.69, 9.17) is 16.3 Å². The van der Waals surface area contributed by atoms with Crippen LogP contribution in [0.15, 0.2) is 36.4 Å². The van der Waals surface area contributed by atoms with Crippen molar-refractivity contribution >= 4 is 11.6 Å². The number of rotatable bonds is 2. The van der Waals surface area contributed by atoms with E-state index in [1.807, 2.05) is 0 Å². The summed E-state index contributed by atoms with van der Waals surface area (Å²) in [5.41, 5.74) is 6.15. The lowest BCUT2D eigenvalue weighted by atomic mass is 9.95. The first-order valence-corrected chi connectivity index (χ1v) is 7.55. The maximum atomic E-state index is 6.69. The number of hydrogen-bond donors (Lipinski definition) is 0. The van der Waals surface area contributed by atoms with Crippen LogP contribution >= 0.6 is 11.6 Å². The summed E-state index contributed by atoms with van der Waals surface area (Å²) in [7, 11) is 0. The average molecular weight is 287 g/mol. The lowest BCUT2D eigenvalue weighted by Gasteiger charge is -2.20. The van der Waals surface area contributed by atoms with Gasteiger partial charge in [-0.2, -0.15) is 0 Å². The van der Waals surface area contributed by atoms with Crippen molar-refractivity contribution in [3.8, 4) is 5.75 Å². The fourth-order valence-electron chi connectivity index (χ4n) is 2.83. The fourth-order valence-corrected chi connectivity index (χ4v) is 3.21. The van der Waals surface area contributed by atoms with Crippen LogP contribution in [0, 0.1) is 13.8 Å². The Labute approximate surface area is 125 Å². The summed E-state index contributed by atoms with van der Waals surface area (Å²) in [6, 6.07) is 12.8. The number of benzene rings is 2. The summed E-state index contributed by atoms with van der Waals surface area (Å²) >= 11 is 6.69. The van der Waals surface area contributed by atoms with E-state index in [-0.39, 0.29) is 5.38 Å². The minimum atomic E-state index is -0.0946. The highest BCUT2D eigenvalue weighted by Gasteiger charge is 2.17. The van der Waals surface area contributed by atoms with Crippen LogP contribution in [-0.2, 0) is 6.42 Å². The SMILES string of the molecule is Cc1ccc(C(Cl)c2ccc3c(c2)CCCO3)c(C)c1. The van der Waals surface area contributed by atoms with Gasteiger partial charge in [-0.1, -0.05) is 35.9 Å². The summed E-state index contributed by atoms with van der Waals surface area (Å²) in [5, 5.41) is -0.0946. The van der Waals surface area contributed by atoms with Gasteiger partial charge in [-0.25, -0.2) is 0 Å². The topological polar surface area (TPSA) is 9.23 Å². The molecule has 0 fully saturated rings. The van der Waals surface area contributed by atoms with E-state index in [2.05, 4.69) is 50.2 Å². The van der Waals surface area contributed by atoms with Crippen LogP contribution in [0.3, 0.4) is 0 Å². The number of fused-ring (bicyclic) bond motifs is 1. The van der Waals surface area contributed by atoms with E-state index in [0.717, 1.165) is 30.8 Å². The quantitative estimate of drug-likeness (QED) is 0.709. The molecule has 1 nitrogen and oxygen atoms in total. The van der Waals surface area contributed by atoms with Crippen molar-refractivity contribution in [3.63, 3.8) is 0 Å². The average Bonchev–Trinajstić information content (AvgIpc) is 2.46. The van der Waals surface area contributed by atoms with Crippen LogP contribution in [0.5, 0.6) is 5.75 Å². The van der Waals surface area contributed by atoms with Gasteiger partial charge in [-0.15, -0.1) is 11.6 Å². The molecule has 0 radical (unpaired) electrons. The van der Waals surface area contributed by atoms with Crippen molar-refractivity contribution in [2.45, 2.75) is 32.1 Å². The first kappa shape index (κ1) is 13.5. The van der Waals surface area contributed by atoms with Gasteiger partial charge in [0, 0.05) is 0 Å². The molecule has 1 aliphatic rings. The van der Waals surface area contributed by atoms with E-state index in [1.54, 1.807) is 0 Å². The van der Waals surface area contributed by atoms with E-state index >= 15 is 0 Å². The van der Waals surface area contributed by atoms with Gasteiger partial charge in [-0.05, 0) is 55.0 Å². The molecule has 1 unspecified atom stereocenters. The third-order valence-electron chi connectivity index (χ3n) is 3.92. The molecule has 0 saturated heterocycles. The van der Waals surface area contributed by atoms with Crippen molar-refractivity contribution in [1.29, 1.82) is 0 Å². The standard InChI is InChI=1S/C18H19ClO/c1-12-5-7-16(13(2)10-12)18(19)15-6-8-17-14(11-15)4-3-9-20-17/h5-8,10-11,18H,3-4,9H2,1-2H3. The molecule has 2 aromatic rings. The Morgan fingerprint density at radius 1 is 1.10 bits per heavy atom. The number of halogens is 1. The van der Waals surface area contributed by atoms with E-state index in [9.17, 15) is 0 Å². The lowest BCUT2D eigenvalue weighted by molar-refractivity contribution is 0.288. The first-order chi connectivity index (χ1) is 9.65. The van der Waals surface area contributed by atoms with Crippen molar-refractivity contribution < 1.29 is 4.74 Å². The van der Waals surface area contributed by atoms with Gasteiger partial charge < -0.3 is 4.74 Å². The summed E-state index contributed by atoms with van der Waals surface area (Å²) in [6.07, 6.45) is 2.17. The predicted molar refractivity (Wildman–Crippen MR) is 83.9 cm³/mol. The molecule has 1 heterocycles.